The number of anilines is 1. The van der Waals surface area contributed by atoms with Crippen LogP contribution in [0.3, 0.4) is 0 Å². The number of likely N-dealkylation sites (N-methyl/N-ethyl adjacent to an activating group) is 1. The molecule has 176 valence electrons. The second-order valence-corrected chi connectivity index (χ2v) is 8.32. The van der Waals surface area contributed by atoms with Gasteiger partial charge in [-0.05, 0) is 42.1 Å². The maximum atomic E-state index is 11.3. The molecule has 0 heterocycles. The van der Waals surface area contributed by atoms with Crippen molar-refractivity contribution < 1.29 is 27.6 Å². The van der Waals surface area contributed by atoms with E-state index in [2.05, 4.69) is 4.72 Å². The summed E-state index contributed by atoms with van der Waals surface area (Å²) in [7, 11) is 1.37. The smallest absolute Gasteiger partial charge is 0.297 e. The first-order chi connectivity index (χ1) is 14.6. The van der Waals surface area contributed by atoms with E-state index in [1.54, 1.807) is 14.2 Å². The first-order valence-corrected chi connectivity index (χ1v) is 11.0. The molecule has 10 nitrogen and oxygen atoms in total. The number of methoxy groups -OCH3 is 2. The molecule has 2 aromatic rings. The minimum atomic E-state index is -3.64. The average Bonchev–Trinajstić information content (AvgIpc) is 2.71. The van der Waals surface area contributed by atoms with Crippen molar-refractivity contribution in [3.63, 3.8) is 0 Å². The van der Waals surface area contributed by atoms with E-state index in [4.69, 9.17) is 14.2 Å². The summed E-state index contributed by atoms with van der Waals surface area (Å²) in [5, 5.41) is 11.2. The molecule has 0 bridgehead atoms. The Morgan fingerprint density at radius 2 is 1.81 bits per heavy atom. The van der Waals surface area contributed by atoms with Crippen LogP contribution in [0.4, 0.5) is 11.4 Å². The summed E-state index contributed by atoms with van der Waals surface area (Å²) < 4.78 is 40.9. The Morgan fingerprint density at radius 1 is 1.12 bits per heavy atom. The van der Waals surface area contributed by atoms with Crippen LogP contribution in [0.1, 0.15) is 5.56 Å². The molecule has 12 heteroatoms. The third kappa shape index (κ3) is 8.16. The van der Waals surface area contributed by atoms with Crippen LogP contribution >= 0.6 is 12.4 Å². The van der Waals surface area contributed by atoms with Crippen molar-refractivity contribution in [1.82, 2.24) is 4.90 Å². The van der Waals surface area contributed by atoms with E-state index in [0.29, 0.717) is 18.0 Å². The molecule has 0 spiro atoms. The minimum absolute atomic E-state index is 0. The molecule has 0 fully saturated rings. The first-order valence-electron chi connectivity index (χ1n) is 9.12. The Morgan fingerprint density at radius 3 is 2.41 bits per heavy atom. The highest BCUT2D eigenvalue weighted by atomic mass is 35.5. The number of nitro groups is 1. The van der Waals surface area contributed by atoms with Crippen molar-refractivity contribution in [2.24, 2.45) is 0 Å². The first kappa shape index (κ1) is 26.9. The molecule has 0 aliphatic heterocycles. The summed E-state index contributed by atoms with van der Waals surface area (Å²) in [5.74, 6) is 1.54. The Labute approximate surface area is 193 Å². The Kier molecular flexibility index (Phi) is 10.1. The second kappa shape index (κ2) is 12.0. The summed E-state index contributed by atoms with van der Waals surface area (Å²) in [4.78, 5) is 12.5. The highest BCUT2D eigenvalue weighted by Gasteiger charge is 2.18. The van der Waals surface area contributed by atoms with Crippen molar-refractivity contribution in [3.05, 3.63) is 58.3 Å². The fraction of sp³-hybridized carbons (Fsp3) is 0.300. The molecule has 0 saturated carbocycles. The maximum Gasteiger partial charge on any atom is 0.297 e. The van der Waals surface area contributed by atoms with Gasteiger partial charge < -0.3 is 19.1 Å². The van der Waals surface area contributed by atoms with Gasteiger partial charge in [0, 0.05) is 7.05 Å². The predicted octanol–water partition coefficient (Wildman–Crippen LogP) is 3.39. The molecule has 0 atom stereocenters. The molecule has 0 radical (unpaired) electrons. The highest BCUT2D eigenvalue weighted by Crippen LogP contribution is 2.30. The van der Waals surface area contributed by atoms with E-state index in [9.17, 15) is 18.5 Å². The number of nitro benzene ring substituents is 1. The number of sulfonamides is 1. The maximum absolute atomic E-state index is 11.3. The molecule has 2 rings (SSSR count). The quantitative estimate of drug-likeness (QED) is 0.378. The van der Waals surface area contributed by atoms with Crippen molar-refractivity contribution >= 4 is 39.9 Å². The second-order valence-electron chi connectivity index (χ2n) is 6.57. The van der Waals surface area contributed by atoms with Crippen molar-refractivity contribution in [2.75, 3.05) is 45.4 Å². The molecular formula is C20H26ClN3O7S. The van der Waals surface area contributed by atoms with Gasteiger partial charge in [0.25, 0.3) is 5.69 Å². The van der Waals surface area contributed by atoms with E-state index < -0.39 is 14.9 Å². The van der Waals surface area contributed by atoms with Gasteiger partial charge in [-0.25, -0.2) is 8.42 Å². The third-order valence-electron chi connectivity index (χ3n) is 4.10. The number of halogens is 1. The van der Waals surface area contributed by atoms with Crippen LogP contribution in [-0.4, -0.2) is 58.9 Å². The van der Waals surface area contributed by atoms with Crippen LogP contribution in [0.5, 0.6) is 17.2 Å². The fourth-order valence-electron chi connectivity index (χ4n) is 2.59. The zero-order valence-corrected chi connectivity index (χ0v) is 19.7. The summed E-state index contributed by atoms with van der Waals surface area (Å²) in [6, 6.07) is 9.53. The molecule has 0 amide bonds. The Balaban J connectivity index is 0.00000512. The van der Waals surface area contributed by atoms with Crippen molar-refractivity contribution in [1.29, 1.82) is 0 Å². The SMILES string of the molecule is COc1ccc(C=CN(C)CCOc2ccc(NS(C)(=O)=O)c([N+](=O)[O-])c2)cc1OC.Cl. The van der Waals surface area contributed by atoms with Crippen LogP contribution < -0.4 is 18.9 Å². The largest absolute Gasteiger partial charge is 0.493 e. The number of ether oxygens (including phenoxy) is 3. The zero-order chi connectivity index (χ0) is 23.0. The monoisotopic (exact) mass is 487 g/mol. The molecular weight excluding hydrogens is 462 g/mol. The molecule has 1 N–H and O–H groups in total. The summed E-state index contributed by atoms with van der Waals surface area (Å²) in [6.45, 7) is 0.781. The van der Waals surface area contributed by atoms with Crippen molar-refractivity contribution in [2.45, 2.75) is 0 Å². The van der Waals surface area contributed by atoms with Crippen LogP contribution in [-0.2, 0) is 10.0 Å². The highest BCUT2D eigenvalue weighted by molar-refractivity contribution is 7.92. The lowest BCUT2D eigenvalue weighted by molar-refractivity contribution is -0.384. The van der Waals surface area contributed by atoms with Gasteiger partial charge >= 0.3 is 0 Å². The molecule has 0 aromatic heterocycles. The Bertz CT molecular complexity index is 1060. The molecule has 2 aromatic carbocycles. The lowest BCUT2D eigenvalue weighted by Gasteiger charge is -2.15. The summed E-state index contributed by atoms with van der Waals surface area (Å²) >= 11 is 0. The van der Waals surface area contributed by atoms with E-state index in [0.717, 1.165) is 11.8 Å². The molecule has 32 heavy (non-hydrogen) atoms. The van der Waals surface area contributed by atoms with E-state index in [-0.39, 0.29) is 36.1 Å². The van der Waals surface area contributed by atoms with Gasteiger partial charge in [-0.2, -0.15) is 0 Å². The normalized spacial score (nSPS) is 10.9. The molecule has 0 saturated heterocycles. The van der Waals surface area contributed by atoms with Gasteiger partial charge in [-0.15, -0.1) is 12.4 Å². The van der Waals surface area contributed by atoms with Gasteiger partial charge in [0.05, 0.1) is 38.0 Å². The summed E-state index contributed by atoms with van der Waals surface area (Å²) in [6.07, 6.45) is 4.69. The number of hydrogen-bond donors (Lipinski definition) is 1. The Hall–Kier alpha value is -3.18. The summed E-state index contributed by atoms with van der Waals surface area (Å²) in [5.41, 5.74) is 0.425. The van der Waals surface area contributed by atoms with Crippen molar-refractivity contribution in [3.8, 4) is 17.2 Å². The fourth-order valence-corrected chi connectivity index (χ4v) is 3.16. The van der Waals surface area contributed by atoms with E-state index in [1.807, 2.05) is 42.4 Å². The number of benzene rings is 2. The van der Waals surface area contributed by atoms with E-state index in [1.165, 1.54) is 18.2 Å². The number of nitrogens with zero attached hydrogens (tertiary/aromatic N) is 2. The van der Waals surface area contributed by atoms with Crippen LogP contribution in [0, 0.1) is 10.1 Å². The van der Waals surface area contributed by atoms with Crippen LogP contribution in [0.25, 0.3) is 6.08 Å². The lowest BCUT2D eigenvalue weighted by Crippen LogP contribution is -2.18. The number of hydrogen-bond acceptors (Lipinski definition) is 8. The van der Waals surface area contributed by atoms with Crippen LogP contribution in [0.2, 0.25) is 0 Å². The topological polar surface area (TPSA) is 120 Å². The van der Waals surface area contributed by atoms with Gasteiger partial charge in [0.15, 0.2) is 11.5 Å². The third-order valence-corrected chi connectivity index (χ3v) is 4.69. The molecule has 0 aliphatic rings. The standard InChI is InChI=1S/C20H25N3O7S.ClH/c1-22(10-9-15-5-8-19(28-2)20(13-15)29-3)11-12-30-16-6-7-17(21-31(4,26)27)18(14-16)23(24)25;/h5-10,13-14,21H,11-12H2,1-4H3;1H. The van der Waals surface area contributed by atoms with Gasteiger partial charge in [-0.3, -0.25) is 14.8 Å². The minimum Gasteiger partial charge on any atom is -0.493 e. The van der Waals surface area contributed by atoms with Gasteiger partial charge in [-0.1, -0.05) is 6.07 Å². The lowest BCUT2D eigenvalue weighted by atomic mass is 10.2. The number of nitrogens with one attached hydrogen (secondary N) is 1. The average molecular weight is 488 g/mol. The van der Waals surface area contributed by atoms with E-state index >= 15 is 0 Å². The zero-order valence-electron chi connectivity index (χ0n) is 18.1. The van der Waals surface area contributed by atoms with Gasteiger partial charge in [0.1, 0.15) is 18.0 Å². The predicted molar refractivity (Wildman–Crippen MR) is 126 cm³/mol. The molecule has 0 aliphatic carbocycles. The van der Waals surface area contributed by atoms with Gasteiger partial charge in [0.2, 0.25) is 10.0 Å². The van der Waals surface area contributed by atoms with Crippen LogP contribution in [0.15, 0.2) is 42.6 Å². The molecule has 0 unspecified atom stereocenters. The number of rotatable bonds is 11.